The van der Waals surface area contributed by atoms with Gasteiger partial charge in [-0.15, -0.1) is 0 Å². The molecule has 8 nitrogen and oxygen atoms in total. The van der Waals surface area contributed by atoms with Crippen LogP contribution in [0.3, 0.4) is 0 Å². The van der Waals surface area contributed by atoms with Crippen molar-refractivity contribution in [1.82, 2.24) is 15.1 Å². The predicted molar refractivity (Wildman–Crippen MR) is 136 cm³/mol. The summed E-state index contributed by atoms with van der Waals surface area (Å²) in [5.41, 5.74) is 2.16. The minimum absolute atomic E-state index is 0.0216. The number of carbonyl (C=O) groups excluding carboxylic acids is 3. The number of anilines is 2. The second kappa shape index (κ2) is 12.1. The van der Waals surface area contributed by atoms with E-state index in [-0.39, 0.29) is 29.8 Å². The molecule has 0 radical (unpaired) electrons. The van der Waals surface area contributed by atoms with Crippen LogP contribution in [0.25, 0.3) is 0 Å². The van der Waals surface area contributed by atoms with Gasteiger partial charge in [0.05, 0.1) is 5.56 Å². The van der Waals surface area contributed by atoms with Crippen LogP contribution in [-0.2, 0) is 4.79 Å². The molecule has 2 aliphatic heterocycles. The molecule has 8 heteroatoms. The van der Waals surface area contributed by atoms with Crippen molar-refractivity contribution < 1.29 is 14.4 Å². The molecule has 188 valence electrons. The number of benzene rings is 1. The number of piperidine rings is 1. The summed E-state index contributed by atoms with van der Waals surface area (Å²) in [6.45, 7) is 12.2. The summed E-state index contributed by atoms with van der Waals surface area (Å²) in [5.74, 6) is 0.246. The zero-order valence-corrected chi connectivity index (χ0v) is 21.2. The highest BCUT2D eigenvalue weighted by molar-refractivity contribution is 6.02. The molecule has 2 aliphatic rings. The van der Waals surface area contributed by atoms with Crippen molar-refractivity contribution in [2.75, 3.05) is 49.5 Å². The van der Waals surface area contributed by atoms with Crippen molar-refractivity contribution in [3.05, 3.63) is 23.8 Å². The number of urea groups is 1. The minimum atomic E-state index is -0.0410. The van der Waals surface area contributed by atoms with Crippen LogP contribution in [0.2, 0.25) is 0 Å². The molecule has 0 atom stereocenters. The van der Waals surface area contributed by atoms with Crippen LogP contribution in [0.4, 0.5) is 16.2 Å². The fourth-order valence-corrected chi connectivity index (χ4v) is 4.61. The SMILES string of the molecule is CC(C)CC(=O)Nc1ccc(N2CCCN(C(=O)NC(C)C)CC2)c(C(=O)N2CCCCC2)c1. The normalized spacial score (nSPS) is 17.1. The fraction of sp³-hybridized carbons (Fsp3) is 0.654. The van der Waals surface area contributed by atoms with E-state index in [0.29, 0.717) is 37.3 Å². The Hall–Kier alpha value is -2.77. The molecule has 0 aliphatic carbocycles. The molecule has 1 aromatic carbocycles. The van der Waals surface area contributed by atoms with E-state index in [1.807, 2.05) is 55.7 Å². The van der Waals surface area contributed by atoms with Crippen LogP contribution >= 0.6 is 0 Å². The maximum atomic E-state index is 13.6. The summed E-state index contributed by atoms with van der Waals surface area (Å²) >= 11 is 0. The summed E-state index contributed by atoms with van der Waals surface area (Å²) in [5, 5.41) is 5.94. The topological polar surface area (TPSA) is 85.0 Å². The Morgan fingerprint density at radius 1 is 0.853 bits per heavy atom. The highest BCUT2D eigenvalue weighted by atomic mass is 16.2. The average Bonchev–Trinajstić information content (AvgIpc) is 3.04. The van der Waals surface area contributed by atoms with Crippen molar-refractivity contribution in [1.29, 1.82) is 0 Å². The van der Waals surface area contributed by atoms with Crippen LogP contribution in [-0.4, -0.2) is 73.0 Å². The van der Waals surface area contributed by atoms with Gasteiger partial charge >= 0.3 is 6.03 Å². The minimum Gasteiger partial charge on any atom is -0.369 e. The summed E-state index contributed by atoms with van der Waals surface area (Å²) in [7, 11) is 0. The number of nitrogens with one attached hydrogen (secondary N) is 2. The van der Waals surface area contributed by atoms with Gasteiger partial charge in [-0.1, -0.05) is 13.8 Å². The predicted octanol–water partition coefficient (Wildman–Crippen LogP) is 3.93. The van der Waals surface area contributed by atoms with E-state index < -0.39 is 0 Å². The van der Waals surface area contributed by atoms with Gasteiger partial charge < -0.3 is 25.3 Å². The van der Waals surface area contributed by atoms with Gasteiger partial charge in [0.25, 0.3) is 5.91 Å². The number of amides is 4. The molecule has 1 aromatic rings. The van der Waals surface area contributed by atoms with Crippen LogP contribution in [0.5, 0.6) is 0 Å². The van der Waals surface area contributed by atoms with Crippen molar-refractivity contribution in [3.8, 4) is 0 Å². The van der Waals surface area contributed by atoms with E-state index in [0.717, 1.165) is 51.0 Å². The second-order valence-electron chi connectivity index (χ2n) is 10.2. The van der Waals surface area contributed by atoms with Crippen molar-refractivity contribution in [2.45, 2.75) is 65.8 Å². The van der Waals surface area contributed by atoms with Gasteiger partial charge in [-0.2, -0.15) is 0 Å². The number of hydrogen-bond acceptors (Lipinski definition) is 4. The maximum Gasteiger partial charge on any atom is 0.317 e. The Kier molecular flexibility index (Phi) is 9.19. The molecule has 2 N–H and O–H groups in total. The first-order valence-electron chi connectivity index (χ1n) is 12.8. The zero-order valence-electron chi connectivity index (χ0n) is 21.2. The number of rotatable bonds is 6. The molecule has 4 amide bonds. The van der Waals surface area contributed by atoms with Gasteiger partial charge in [-0.25, -0.2) is 4.79 Å². The number of nitrogens with zero attached hydrogens (tertiary/aromatic N) is 3. The van der Waals surface area contributed by atoms with E-state index in [9.17, 15) is 14.4 Å². The smallest absolute Gasteiger partial charge is 0.317 e. The van der Waals surface area contributed by atoms with E-state index in [4.69, 9.17) is 0 Å². The molecular weight excluding hydrogens is 430 g/mol. The summed E-state index contributed by atoms with van der Waals surface area (Å²) in [6, 6.07) is 5.73. The lowest BCUT2D eigenvalue weighted by Crippen LogP contribution is -2.44. The first-order chi connectivity index (χ1) is 16.2. The Morgan fingerprint density at radius 3 is 2.24 bits per heavy atom. The molecule has 0 aromatic heterocycles. The maximum absolute atomic E-state index is 13.6. The highest BCUT2D eigenvalue weighted by Gasteiger charge is 2.26. The molecule has 0 unspecified atom stereocenters. The largest absolute Gasteiger partial charge is 0.369 e. The molecule has 34 heavy (non-hydrogen) atoms. The molecule has 2 fully saturated rings. The first-order valence-corrected chi connectivity index (χ1v) is 12.8. The molecule has 0 spiro atoms. The van der Waals surface area contributed by atoms with Gasteiger partial charge in [0.2, 0.25) is 5.91 Å². The number of likely N-dealkylation sites (tertiary alicyclic amines) is 1. The summed E-state index contributed by atoms with van der Waals surface area (Å²) in [6.07, 6.45) is 4.47. The molecular formula is C26H41N5O3. The Labute approximate surface area is 204 Å². The highest BCUT2D eigenvalue weighted by Crippen LogP contribution is 2.28. The number of hydrogen-bond donors (Lipinski definition) is 2. The quantitative estimate of drug-likeness (QED) is 0.658. The summed E-state index contributed by atoms with van der Waals surface area (Å²) < 4.78 is 0. The number of carbonyl (C=O) groups is 3. The van der Waals surface area contributed by atoms with Crippen LogP contribution in [0, 0.1) is 5.92 Å². The Balaban J connectivity index is 1.82. The zero-order chi connectivity index (χ0) is 24.7. The van der Waals surface area contributed by atoms with Gasteiger partial charge in [0.1, 0.15) is 0 Å². The van der Waals surface area contributed by atoms with E-state index in [1.165, 1.54) is 0 Å². The Bertz CT molecular complexity index is 864. The lowest BCUT2D eigenvalue weighted by molar-refractivity contribution is -0.116. The summed E-state index contributed by atoms with van der Waals surface area (Å²) in [4.78, 5) is 44.4. The van der Waals surface area contributed by atoms with Crippen molar-refractivity contribution in [2.24, 2.45) is 5.92 Å². The molecule has 3 rings (SSSR count). The van der Waals surface area contributed by atoms with Gasteiger partial charge in [-0.3, -0.25) is 9.59 Å². The molecule has 2 saturated heterocycles. The van der Waals surface area contributed by atoms with E-state index in [2.05, 4.69) is 15.5 Å². The first kappa shape index (κ1) is 25.8. The van der Waals surface area contributed by atoms with Gasteiger partial charge in [-0.05, 0) is 63.6 Å². The third-order valence-corrected chi connectivity index (χ3v) is 6.28. The molecule has 0 saturated carbocycles. The average molecular weight is 472 g/mol. The van der Waals surface area contributed by atoms with Gasteiger partial charge in [0.15, 0.2) is 0 Å². The third kappa shape index (κ3) is 7.11. The van der Waals surface area contributed by atoms with E-state index >= 15 is 0 Å². The van der Waals surface area contributed by atoms with Crippen molar-refractivity contribution >= 4 is 29.2 Å². The monoisotopic (exact) mass is 471 g/mol. The molecule has 0 bridgehead atoms. The van der Waals surface area contributed by atoms with Gasteiger partial charge in [0, 0.05) is 63.1 Å². The molecule has 2 heterocycles. The third-order valence-electron chi connectivity index (χ3n) is 6.28. The fourth-order valence-electron chi connectivity index (χ4n) is 4.61. The van der Waals surface area contributed by atoms with Crippen LogP contribution in [0.1, 0.15) is 70.2 Å². The van der Waals surface area contributed by atoms with Crippen molar-refractivity contribution in [3.63, 3.8) is 0 Å². The standard InChI is InChI=1S/C26H41N5O3/c1-19(2)17-24(32)28-21-9-10-23(22(18-21)25(33)30-11-6-5-7-12-30)29-13-8-14-31(16-15-29)26(34)27-20(3)4/h9-10,18-20H,5-8,11-17H2,1-4H3,(H,27,34)(H,28,32). The van der Waals surface area contributed by atoms with E-state index in [1.54, 1.807) is 0 Å². The van der Waals surface area contributed by atoms with Crippen LogP contribution < -0.4 is 15.5 Å². The van der Waals surface area contributed by atoms with Crippen LogP contribution in [0.15, 0.2) is 18.2 Å². The Morgan fingerprint density at radius 2 is 1.56 bits per heavy atom. The lowest BCUT2D eigenvalue weighted by atomic mass is 10.1. The second-order valence-corrected chi connectivity index (χ2v) is 10.2. The lowest BCUT2D eigenvalue weighted by Gasteiger charge is -2.30.